The van der Waals surface area contributed by atoms with Gasteiger partial charge < -0.3 is 15.0 Å². The lowest BCUT2D eigenvalue weighted by atomic mass is 9.98. The highest BCUT2D eigenvalue weighted by Gasteiger charge is 2.34. The number of alkyl halides is 3. The second kappa shape index (κ2) is 13.2. The molecule has 2 aromatic rings. The van der Waals surface area contributed by atoms with Crippen molar-refractivity contribution in [2.75, 3.05) is 51.8 Å². The minimum Gasteiger partial charge on any atom is -0.484 e. The maximum Gasteiger partial charge on any atom is 0.416 e. The van der Waals surface area contributed by atoms with Gasteiger partial charge in [-0.3, -0.25) is 19.7 Å². The van der Waals surface area contributed by atoms with Crippen LogP contribution in [0.5, 0.6) is 5.75 Å². The Labute approximate surface area is 233 Å². The molecule has 1 saturated heterocycles. The number of carbonyl (C=O) groups is 1. The zero-order chi connectivity index (χ0) is 28.7. The molecule has 4 rings (SSSR count). The monoisotopic (exact) mass is 555 g/mol. The summed E-state index contributed by atoms with van der Waals surface area (Å²) >= 11 is 0. The lowest BCUT2D eigenvalue weighted by Crippen LogP contribution is -2.44. The van der Waals surface area contributed by atoms with E-state index in [1.54, 1.807) is 12.1 Å². The molecular formula is C30H36F3N5O2. The Bertz CT molecular complexity index is 1260. The first kappa shape index (κ1) is 29.5. The third-order valence-corrected chi connectivity index (χ3v) is 6.98. The number of rotatable bonds is 7. The molecule has 1 unspecified atom stereocenters. The standard InChI is InChI=1S/C30H36F3N5O2/c1-21-14-22(2)35-20-34-17-25(15-21)23-5-8-27(9-6-23)40-19-29(39)36-26-7-4-24(28(16-26)30(31,32)33)18-38-12-10-37(3)11-13-38/h4-9,15-17,21H,10-14,18-20H2,1-3H3,(H,36,39). The molecule has 0 spiro atoms. The second-order valence-corrected chi connectivity index (χ2v) is 10.5. The number of amides is 1. The van der Waals surface area contributed by atoms with Crippen molar-refractivity contribution in [2.45, 2.75) is 33.0 Å². The van der Waals surface area contributed by atoms with Gasteiger partial charge in [-0.2, -0.15) is 13.2 Å². The van der Waals surface area contributed by atoms with Crippen LogP contribution < -0.4 is 10.1 Å². The summed E-state index contributed by atoms with van der Waals surface area (Å²) in [5, 5.41) is 2.53. The summed E-state index contributed by atoms with van der Waals surface area (Å²) in [4.78, 5) is 25.5. The van der Waals surface area contributed by atoms with Crippen molar-refractivity contribution in [1.82, 2.24) is 9.80 Å². The Balaban J connectivity index is 1.35. The van der Waals surface area contributed by atoms with Crippen molar-refractivity contribution >= 4 is 29.1 Å². The number of hydrogen-bond acceptors (Lipinski definition) is 6. The summed E-state index contributed by atoms with van der Waals surface area (Å²) in [5.74, 6) is 0.242. The third-order valence-electron chi connectivity index (χ3n) is 6.98. The van der Waals surface area contributed by atoms with Crippen LogP contribution in [0.15, 0.2) is 58.5 Å². The summed E-state index contributed by atoms with van der Waals surface area (Å²) in [5.41, 5.74) is 2.56. The second-order valence-electron chi connectivity index (χ2n) is 10.5. The van der Waals surface area contributed by atoms with Crippen LogP contribution in [0.2, 0.25) is 0 Å². The molecule has 214 valence electrons. The van der Waals surface area contributed by atoms with E-state index in [4.69, 9.17) is 4.74 Å². The van der Waals surface area contributed by atoms with Gasteiger partial charge >= 0.3 is 6.18 Å². The number of nitrogens with zero attached hydrogens (tertiary/aromatic N) is 4. The van der Waals surface area contributed by atoms with Crippen LogP contribution in [-0.4, -0.2) is 74.1 Å². The van der Waals surface area contributed by atoms with Gasteiger partial charge in [-0.1, -0.05) is 31.2 Å². The molecule has 0 bridgehead atoms. The fourth-order valence-corrected chi connectivity index (χ4v) is 4.80. The van der Waals surface area contributed by atoms with Gasteiger partial charge in [0.15, 0.2) is 6.61 Å². The average Bonchev–Trinajstić information content (AvgIpc) is 2.99. The van der Waals surface area contributed by atoms with E-state index in [0.717, 1.165) is 42.4 Å². The molecule has 2 aliphatic rings. The number of piperazine rings is 1. The van der Waals surface area contributed by atoms with E-state index in [0.29, 0.717) is 31.4 Å². The van der Waals surface area contributed by atoms with Gasteiger partial charge in [-0.25, -0.2) is 0 Å². The van der Waals surface area contributed by atoms with Gasteiger partial charge in [0.05, 0.1) is 5.56 Å². The maximum absolute atomic E-state index is 13.8. The van der Waals surface area contributed by atoms with Crippen LogP contribution in [-0.2, 0) is 17.5 Å². The van der Waals surface area contributed by atoms with Crippen molar-refractivity contribution < 1.29 is 22.7 Å². The van der Waals surface area contributed by atoms with E-state index in [9.17, 15) is 18.0 Å². The van der Waals surface area contributed by atoms with Crippen molar-refractivity contribution in [1.29, 1.82) is 0 Å². The molecule has 0 radical (unpaired) electrons. The third kappa shape index (κ3) is 8.50. The molecule has 0 saturated carbocycles. The van der Waals surface area contributed by atoms with Gasteiger partial charge in [-0.15, -0.1) is 0 Å². The number of ether oxygens (including phenoxy) is 1. The van der Waals surface area contributed by atoms with Crippen LogP contribution in [0.25, 0.3) is 5.57 Å². The average molecular weight is 556 g/mol. The quantitative estimate of drug-likeness (QED) is 0.498. The molecule has 40 heavy (non-hydrogen) atoms. The minimum absolute atomic E-state index is 0.0816. The van der Waals surface area contributed by atoms with E-state index in [2.05, 4.69) is 33.2 Å². The van der Waals surface area contributed by atoms with E-state index in [1.165, 1.54) is 12.1 Å². The summed E-state index contributed by atoms with van der Waals surface area (Å²) in [6, 6.07) is 11.2. The van der Waals surface area contributed by atoms with E-state index >= 15 is 0 Å². The maximum atomic E-state index is 13.8. The van der Waals surface area contributed by atoms with Crippen LogP contribution >= 0.6 is 0 Å². The number of allylic oxidation sites excluding steroid dienone is 2. The first-order valence-electron chi connectivity index (χ1n) is 13.4. The highest BCUT2D eigenvalue weighted by molar-refractivity contribution is 6.10. The smallest absolute Gasteiger partial charge is 0.416 e. The molecule has 1 fully saturated rings. The first-order chi connectivity index (χ1) is 19.1. The number of likely N-dealkylation sites (N-methyl/N-ethyl adjacent to an activating group) is 1. The lowest BCUT2D eigenvalue weighted by Gasteiger charge is -2.33. The van der Waals surface area contributed by atoms with Gasteiger partial charge in [0, 0.05) is 50.3 Å². The predicted octanol–water partition coefficient (Wildman–Crippen LogP) is 5.38. The lowest BCUT2D eigenvalue weighted by molar-refractivity contribution is -0.138. The van der Waals surface area contributed by atoms with Crippen LogP contribution in [0.3, 0.4) is 0 Å². The number of nitrogens with one attached hydrogen (secondary N) is 1. The van der Waals surface area contributed by atoms with Crippen molar-refractivity contribution in [3.8, 4) is 5.75 Å². The number of carbonyl (C=O) groups excluding carboxylic acids is 1. The molecule has 10 heteroatoms. The zero-order valence-electron chi connectivity index (χ0n) is 23.2. The highest BCUT2D eigenvalue weighted by Crippen LogP contribution is 2.34. The number of anilines is 1. The predicted molar refractivity (Wildman–Crippen MR) is 153 cm³/mol. The molecule has 1 N–H and O–H groups in total. The van der Waals surface area contributed by atoms with E-state index < -0.39 is 17.6 Å². The number of aliphatic imine (C=N–C) groups is 2. The van der Waals surface area contributed by atoms with Crippen molar-refractivity contribution in [3.63, 3.8) is 0 Å². The van der Waals surface area contributed by atoms with Crippen LogP contribution in [0.4, 0.5) is 18.9 Å². The van der Waals surface area contributed by atoms with Crippen LogP contribution in [0.1, 0.15) is 37.0 Å². The molecule has 2 heterocycles. The Morgan fingerprint density at radius 3 is 2.52 bits per heavy atom. The molecular weight excluding hydrogens is 519 g/mol. The van der Waals surface area contributed by atoms with Gasteiger partial charge in [0.25, 0.3) is 5.91 Å². The molecule has 0 aliphatic carbocycles. The molecule has 2 aliphatic heterocycles. The summed E-state index contributed by atoms with van der Waals surface area (Å²) in [6.45, 7) is 7.48. The molecule has 2 aromatic carbocycles. The fourth-order valence-electron chi connectivity index (χ4n) is 4.80. The highest BCUT2D eigenvalue weighted by atomic mass is 19.4. The molecule has 7 nitrogen and oxygen atoms in total. The Morgan fingerprint density at radius 2 is 1.82 bits per heavy atom. The van der Waals surface area contributed by atoms with E-state index in [1.807, 2.05) is 37.2 Å². The Kier molecular flexibility index (Phi) is 9.76. The topological polar surface area (TPSA) is 69.5 Å². The SMILES string of the molecule is CC1=NCN=CC(c2ccc(OCC(=O)Nc3ccc(CN4CCN(C)CC4)c(C(F)(F)F)c3)cc2)=CC(C)C1. The fraction of sp³-hybridized carbons (Fsp3) is 0.433. The van der Waals surface area contributed by atoms with Crippen molar-refractivity contribution in [2.24, 2.45) is 15.9 Å². The normalized spacial score (nSPS) is 19.2. The van der Waals surface area contributed by atoms with Crippen molar-refractivity contribution in [3.05, 3.63) is 65.2 Å². The number of hydrogen-bond donors (Lipinski definition) is 1. The first-order valence-corrected chi connectivity index (χ1v) is 13.4. The molecule has 1 atom stereocenters. The summed E-state index contributed by atoms with van der Waals surface area (Å²) < 4.78 is 47.1. The van der Waals surface area contributed by atoms with Gasteiger partial charge in [-0.05, 0) is 67.3 Å². The number of halogens is 3. The van der Waals surface area contributed by atoms with Crippen LogP contribution in [0, 0.1) is 5.92 Å². The largest absolute Gasteiger partial charge is 0.484 e. The van der Waals surface area contributed by atoms with Gasteiger partial charge in [0.2, 0.25) is 0 Å². The zero-order valence-corrected chi connectivity index (χ0v) is 23.2. The Hall–Kier alpha value is -3.50. The molecule has 0 aromatic heterocycles. The summed E-state index contributed by atoms with van der Waals surface area (Å²) in [7, 11) is 2.00. The minimum atomic E-state index is -4.53. The number of benzene rings is 2. The summed E-state index contributed by atoms with van der Waals surface area (Å²) in [6.07, 6.45) is 0.309. The molecule has 1 amide bonds. The van der Waals surface area contributed by atoms with Gasteiger partial charge in [0.1, 0.15) is 12.4 Å². The Morgan fingerprint density at radius 1 is 1.10 bits per heavy atom. The van der Waals surface area contributed by atoms with E-state index in [-0.39, 0.29) is 24.4 Å².